The van der Waals surface area contributed by atoms with Gasteiger partial charge in [-0.15, -0.1) is 0 Å². The first-order valence-electron chi connectivity index (χ1n) is 7.76. The third kappa shape index (κ3) is 7.93. The van der Waals surface area contributed by atoms with E-state index in [4.69, 9.17) is 28.9 Å². The van der Waals surface area contributed by atoms with Crippen LogP contribution in [-0.4, -0.2) is 34.9 Å². The van der Waals surface area contributed by atoms with Gasteiger partial charge in [0.05, 0.1) is 6.54 Å². The molecular weight excluding hydrogens is 354 g/mol. The van der Waals surface area contributed by atoms with Crippen LogP contribution in [0.1, 0.15) is 21.7 Å². The summed E-state index contributed by atoms with van der Waals surface area (Å²) < 4.78 is 0. The number of carbonyl (C=O) groups is 1. The lowest BCUT2D eigenvalue weighted by atomic mass is 10.2. The summed E-state index contributed by atoms with van der Waals surface area (Å²) in [5.41, 5.74) is 13.5. The average molecular weight is 378 g/mol. The van der Waals surface area contributed by atoms with Crippen LogP contribution >= 0.6 is 11.6 Å². The Morgan fingerprint density at radius 3 is 2.54 bits per heavy atom. The molecule has 0 fully saturated rings. The molecule has 7 N–H and O–H groups in total. The predicted molar refractivity (Wildman–Crippen MR) is 104 cm³/mol. The number of halogens is 1. The molecule has 0 saturated heterocycles. The van der Waals surface area contributed by atoms with Gasteiger partial charge in [0.2, 0.25) is 0 Å². The number of nitrogens with one attached hydrogen (secondary N) is 1. The van der Waals surface area contributed by atoms with Gasteiger partial charge in [-0.25, -0.2) is 15.8 Å². The van der Waals surface area contributed by atoms with Gasteiger partial charge in [0.1, 0.15) is 17.9 Å². The molecule has 0 atom stereocenters. The molecule has 0 bridgehead atoms. The highest BCUT2D eigenvalue weighted by Crippen LogP contribution is 2.09. The summed E-state index contributed by atoms with van der Waals surface area (Å²) in [5.74, 6) is 6.86. The summed E-state index contributed by atoms with van der Waals surface area (Å²) in [4.78, 5) is 18.2. The van der Waals surface area contributed by atoms with E-state index in [1.165, 1.54) is 5.01 Å². The van der Waals surface area contributed by atoms with Gasteiger partial charge >= 0.3 is 0 Å². The number of aldehydes is 1. The van der Waals surface area contributed by atoms with Gasteiger partial charge in [-0.1, -0.05) is 23.7 Å². The quantitative estimate of drug-likeness (QED) is 0.335. The normalized spacial score (nSPS) is 10.7. The van der Waals surface area contributed by atoms with Crippen molar-refractivity contribution in [2.45, 2.75) is 13.5 Å². The number of nitrogen functional groups attached to an aromatic ring is 1. The lowest BCUT2D eigenvalue weighted by Gasteiger charge is -2.15. The van der Waals surface area contributed by atoms with Crippen molar-refractivity contribution in [3.8, 4) is 0 Å². The third-order valence-electron chi connectivity index (χ3n) is 3.09. The number of carbonyl (C=O) groups excluding carboxylic acids is 1. The maximum Gasteiger partial charge on any atom is 0.150 e. The van der Waals surface area contributed by atoms with Crippen LogP contribution in [-0.2, 0) is 6.54 Å². The highest BCUT2D eigenvalue weighted by atomic mass is 35.5. The fourth-order valence-electron chi connectivity index (χ4n) is 1.88. The molecular formula is C17H24ClN7O. The smallest absolute Gasteiger partial charge is 0.150 e. The molecule has 140 valence electrons. The van der Waals surface area contributed by atoms with Crippen LogP contribution < -0.4 is 22.6 Å². The molecule has 0 aliphatic heterocycles. The molecule has 1 aromatic heterocycles. The van der Waals surface area contributed by atoms with E-state index in [-0.39, 0.29) is 0 Å². The minimum Gasteiger partial charge on any atom is -0.400 e. The zero-order valence-electron chi connectivity index (χ0n) is 14.8. The van der Waals surface area contributed by atoms with E-state index in [1.54, 1.807) is 43.6 Å². The lowest BCUT2D eigenvalue weighted by Crippen LogP contribution is -2.28. The second-order valence-corrected chi connectivity index (χ2v) is 5.84. The largest absolute Gasteiger partial charge is 0.400 e. The first-order chi connectivity index (χ1) is 12.3. The number of rotatable bonds is 6. The van der Waals surface area contributed by atoms with Crippen molar-refractivity contribution in [1.29, 1.82) is 0 Å². The summed E-state index contributed by atoms with van der Waals surface area (Å²) in [7, 11) is 1.81. The molecule has 2 aromatic rings. The number of likely N-dealkylation sites (N-methyl/N-ethyl adjacent to an activating group) is 1. The fourth-order valence-corrected chi connectivity index (χ4v) is 2.01. The molecule has 0 aliphatic rings. The van der Waals surface area contributed by atoms with Crippen LogP contribution in [0.25, 0.3) is 0 Å². The maximum atomic E-state index is 10.1. The van der Waals surface area contributed by atoms with Crippen molar-refractivity contribution in [1.82, 2.24) is 20.3 Å². The summed E-state index contributed by atoms with van der Waals surface area (Å²) in [6.07, 6.45) is 4.10. The van der Waals surface area contributed by atoms with E-state index in [1.807, 2.05) is 7.05 Å². The summed E-state index contributed by atoms with van der Waals surface area (Å²) in [6.45, 7) is 2.77. The van der Waals surface area contributed by atoms with E-state index < -0.39 is 0 Å². The van der Waals surface area contributed by atoms with Crippen molar-refractivity contribution in [3.05, 3.63) is 64.3 Å². The van der Waals surface area contributed by atoms with Crippen molar-refractivity contribution >= 4 is 23.7 Å². The highest BCUT2D eigenvalue weighted by molar-refractivity contribution is 6.30. The SMILES string of the molecule is CNC/C(N)=C/N(N)Cc1cnc(C)nc1N.O=Cc1ccc(Cl)cc1. The second kappa shape index (κ2) is 11.0. The Morgan fingerprint density at radius 2 is 2.00 bits per heavy atom. The van der Waals surface area contributed by atoms with Crippen LogP contribution in [0.3, 0.4) is 0 Å². The molecule has 0 radical (unpaired) electrons. The van der Waals surface area contributed by atoms with Crippen LogP contribution in [0, 0.1) is 6.92 Å². The molecule has 2 rings (SSSR count). The Labute approximate surface area is 158 Å². The number of hydrogen-bond donors (Lipinski definition) is 4. The monoisotopic (exact) mass is 377 g/mol. The van der Waals surface area contributed by atoms with Gasteiger partial charge in [-0.05, 0) is 26.1 Å². The number of nitrogens with zero attached hydrogens (tertiary/aromatic N) is 3. The van der Waals surface area contributed by atoms with Gasteiger partial charge < -0.3 is 21.8 Å². The zero-order chi connectivity index (χ0) is 19.5. The van der Waals surface area contributed by atoms with Crippen molar-refractivity contribution in [2.75, 3.05) is 19.3 Å². The molecule has 0 saturated carbocycles. The van der Waals surface area contributed by atoms with E-state index in [9.17, 15) is 4.79 Å². The Hall–Kier alpha value is -2.68. The van der Waals surface area contributed by atoms with Gasteiger partial charge in [-0.2, -0.15) is 0 Å². The summed E-state index contributed by atoms with van der Waals surface area (Å²) in [6, 6.07) is 6.72. The van der Waals surface area contributed by atoms with Crippen LogP contribution in [0.15, 0.2) is 42.4 Å². The molecule has 0 amide bonds. The first kappa shape index (κ1) is 21.4. The number of hydrazine groups is 1. The van der Waals surface area contributed by atoms with E-state index in [2.05, 4.69) is 15.3 Å². The second-order valence-electron chi connectivity index (χ2n) is 5.40. The molecule has 26 heavy (non-hydrogen) atoms. The number of nitrogens with two attached hydrogens (primary N) is 3. The topological polar surface area (TPSA) is 136 Å². The standard InChI is InChI=1S/C10H19N7.C7H5ClO/c1-7-15-3-8(10(12)16-7)5-17(13)6-9(11)4-14-2;8-7-3-1-6(5-9)2-4-7/h3,6,14H,4-5,11,13H2,1-2H3,(H2,12,15,16);1-5H/b9-6-;. The van der Waals surface area contributed by atoms with E-state index in [0.29, 0.717) is 41.0 Å². The molecule has 8 nitrogen and oxygen atoms in total. The summed E-state index contributed by atoms with van der Waals surface area (Å²) >= 11 is 5.55. The molecule has 0 unspecified atom stereocenters. The summed E-state index contributed by atoms with van der Waals surface area (Å²) in [5, 5.41) is 5.04. The van der Waals surface area contributed by atoms with Crippen LogP contribution in [0.5, 0.6) is 0 Å². The minimum absolute atomic E-state index is 0.413. The van der Waals surface area contributed by atoms with Gasteiger partial charge in [0, 0.05) is 40.8 Å². The highest BCUT2D eigenvalue weighted by Gasteiger charge is 2.04. The van der Waals surface area contributed by atoms with E-state index >= 15 is 0 Å². The van der Waals surface area contributed by atoms with Gasteiger partial charge in [0.25, 0.3) is 0 Å². The van der Waals surface area contributed by atoms with Crippen molar-refractivity contribution in [3.63, 3.8) is 0 Å². The number of aromatic nitrogens is 2. The fraction of sp³-hybridized carbons (Fsp3) is 0.235. The first-order valence-corrected chi connectivity index (χ1v) is 8.14. The average Bonchev–Trinajstić information content (AvgIpc) is 2.59. The molecule has 0 spiro atoms. The molecule has 1 aromatic carbocycles. The van der Waals surface area contributed by atoms with Crippen LogP contribution in [0.2, 0.25) is 5.02 Å². The minimum atomic E-state index is 0.413. The van der Waals surface area contributed by atoms with Crippen molar-refractivity contribution < 1.29 is 4.79 Å². The Kier molecular flexibility index (Phi) is 9.07. The Morgan fingerprint density at radius 1 is 1.35 bits per heavy atom. The van der Waals surface area contributed by atoms with Crippen LogP contribution in [0.4, 0.5) is 5.82 Å². The lowest BCUT2D eigenvalue weighted by molar-refractivity contribution is 0.112. The zero-order valence-corrected chi connectivity index (χ0v) is 15.6. The number of benzene rings is 1. The Balaban J connectivity index is 0.000000314. The Bertz CT molecular complexity index is 734. The molecule has 1 heterocycles. The number of aryl methyl sites for hydroxylation is 1. The predicted octanol–water partition coefficient (Wildman–Crippen LogP) is 1.21. The number of hydrogen-bond acceptors (Lipinski definition) is 8. The maximum absolute atomic E-state index is 10.1. The number of anilines is 1. The molecule has 9 heteroatoms. The molecule has 0 aliphatic carbocycles. The van der Waals surface area contributed by atoms with Gasteiger partial charge in [-0.3, -0.25) is 4.79 Å². The van der Waals surface area contributed by atoms with E-state index in [0.717, 1.165) is 11.8 Å². The third-order valence-corrected chi connectivity index (χ3v) is 3.34. The van der Waals surface area contributed by atoms with Crippen molar-refractivity contribution in [2.24, 2.45) is 11.6 Å². The van der Waals surface area contributed by atoms with Gasteiger partial charge in [0.15, 0.2) is 0 Å².